The van der Waals surface area contributed by atoms with Crippen molar-refractivity contribution in [3.63, 3.8) is 0 Å². The Morgan fingerprint density at radius 3 is 2.71 bits per heavy atom. The van der Waals surface area contributed by atoms with Gasteiger partial charge >= 0.3 is 5.97 Å². The first-order valence-electron chi connectivity index (χ1n) is 7.46. The van der Waals surface area contributed by atoms with Gasteiger partial charge in [0, 0.05) is 19.0 Å². The highest BCUT2D eigenvalue weighted by atomic mass is 16.5. The molecule has 0 radical (unpaired) electrons. The highest BCUT2D eigenvalue weighted by molar-refractivity contribution is 5.89. The van der Waals surface area contributed by atoms with Crippen molar-refractivity contribution in [2.75, 3.05) is 20.2 Å². The van der Waals surface area contributed by atoms with E-state index in [2.05, 4.69) is 16.0 Å². The third kappa shape index (κ3) is 3.53. The maximum Gasteiger partial charge on any atom is 0.328 e. The smallest absolute Gasteiger partial charge is 0.328 e. The van der Waals surface area contributed by atoms with Gasteiger partial charge in [0.15, 0.2) is 0 Å². The Bertz CT molecular complexity index is 424. The second kappa shape index (κ2) is 6.89. The van der Waals surface area contributed by atoms with Gasteiger partial charge in [-0.15, -0.1) is 0 Å². The maximum absolute atomic E-state index is 12.2. The zero-order valence-electron chi connectivity index (χ0n) is 12.5. The average Bonchev–Trinajstić information content (AvgIpc) is 2.82. The van der Waals surface area contributed by atoms with E-state index in [1.165, 1.54) is 7.11 Å². The first-order valence-corrected chi connectivity index (χ1v) is 7.46. The van der Waals surface area contributed by atoms with Gasteiger partial charge in [0.1, 0.15) is 6.04 Å². The van der Waals surface area contributed by atoms with Gasteiger partial charge in [0.05, 0.1) is 13.2 Å². The second-order valence-electron chi connectivity index (χ2n) is 5.65. The number of amides is 2. The van der Waals surface area contributed by atoms with Crippen LogP contribution in [-0.2, 0) is 19.1 Å². The molecule has 2 saturated heterocycles. The van der Waals surface area contributed by atoms with Crippen molar-refractivity contribution in [2.24, 2.45) is 11.8 Å². The van der Waals surface area contributed by atoms with Crippen LogP contribution >= 0.6 is 0 Å². The van der Waals surface area contributed by atoms with Crippen LogP contribution < -0.4 is 16.0 Å². The van der Waals surface area contributed by atoms with Gasteiger partial charge in [-0.25, -0.2) is 4.79 Å². The molecule has 0 bridgehead atoms. The number of methoxy groups -OCH3 is 1. The average molecular weight is 297 g/mol. The lowest BCUT2D eigenvalue weighted by Gasteiger charge is -2.37. The summed E-state index contributed by atoms with van der Waals surface area (Å²) >= 11 is 0. The molecule has 118 valence electrons. The molecule has 0 saturated carbocycles. The van der Waals surface area contributed by atoms with Crippen molar-refractivity contribution >= 4 is 17.8 Å². The van der Waals surface area contributed by atoms with E-state index in [1.807, 2.05) is 6.92 Å². The summed E-state index contributed by atoms with van der Waals surface area (Å²) in [5.74, 6) is -0.701. The van der Waals surface area contributed by atoms with Crippen LogP contribution in [0.3, 0.4) is 0 Å². The van der Waals surface area contributed by atoms with Gasteiger partial charge < -0.3 is 20.7 Å². The minimum Gasteiger partial charge on any atom is -0.467 e. The van der Waals surface area contributed by atoms with E-state index in [1.54, 1.807) is 0 Å². The van der Waals surface area contributed by atoms with E-state index in [0.717, 1.165) is 13.0 Å². The lowest BCUT2D eigenvalue weighted by Crippen LogP contribution is -2.62. The monoisotopic (exact) mass is 297 g/mol. The molecule has 3 N–H and O–H groups in total. The summed E-state index contributed by atoms with van der Waals surface area (Å²) < 4.78 is 4.74. The lowest BCUT2D eigenvalue weighted by atomic mass is 9.88. The van der Waals surface area contributed by atoms with Gasteiger partial charge in [-0.1, -0.05) is 13.3 Å². The predicted molar refractivity (Wildman–Crippen MR) is 75.3 cm³/mol. The minimum atomic E-state index is -0.767. The summed E-state index contributed by atoms with van der Waals surface area (Å²) in [6.07, 6.45) is 1.88. The molecule has 1 unspecified atom stereocenters. The first-order chi connectivity index (χ1) is 10.1. The summed E-state index contributed by atoms with van der Waals surface area (Å²) in [4.78, 5) is 35.6. The van der Waals surface area contributed by atoms with Gasteiger partial charge in [0.2, 0.25) is 11.8 Å². The van der Waals surface area contributed by atoms with Gasteiger partial charge in [-0.3, -0.25) is 9.59 Å². The van der Waals surface area contributed by atoms with Crippen molar-refractivity contribution in [1.82, 2.24) is 16.0 Å². The Morgan fingerprint density at radius 1 is 1.48 bits per heavy atom. The van der Waals surface area contributed by atoms with Crippen LogP contribution in [0.5, 0.6) is 0 Å². The van der Waals surface area contributed by atoms with Crippen molar-refractivity contribution in [3.05, 3.63) is 0 Å². The molecule has 2 amide bonds. The standard InChI is InChI=1S/C14H23N3O4/c1-3-8-7-16-11(8)13(19)17-10(14(20)21-2)6-9-4-5-15-12(9)18/h8-11,16H,3-7H2,1-2H3,(H,15,18)(H,17,19)/t8-,9-,10-,11?/m0/s1. The zero-order valence-corrected chi connectivity index (χ0v) is 12.5. The fraction of sp³-hybridized carbons (Fsp3) is 0.786. The molecule has 2 heterocycles. The molecule has 7 nitrogen and oxygen atoms in total. The number of nitrogens with one attached hydrogen (secondary N) is 3. The van der Waals surface area contributed by atoms with Crippen molar-refractivity contribution in [2.45, 2.75) is 38.3 Å². The van der Waals surface area contributed by atoms with E-state index < -0.39 is 12.0 Å². The highest BCUT2D eigenvalue weighted by Gasteiger charge is 2.38. The fourth-order valence-corrected chi connectivity index (χ4v) is 2.86. The van der Waals surface area contributed by atoms with Crippen LogP contribution in [0.15, 0.2) is 0 Å². The molecule has 0 aliphatic carbocycles. The summed E-state index contributed by atoms with van der Waals surface area (Å²) in [6, 6.07) is -1.02. The van der Waals surface area contributed by atoms with Crippen LogP contribution in [0.2, 0.25) is 0 Å². The molecule has 2 aliphatic heterocycles. The van der Waals surface area contributed by atoms with Crippen LogP contribution in [0, 0.1) is 11.8 Å². The minimum absolute atomic E-state index is 0.0636. The molecule has 7 heteroatoms. The number of ether oxygens (including phenoxy) is 1. The molecule has 0 spiro atoms. The zero-order chi connectivity index (χ0) is 15.4. The van der Waals surface area contributed by atoms with E-state index in [9.17, 15) is 14.4 Å². The topological polar surface area (TPSA) is 96.5 Å². The number of hydrogen-bond acceptors (Lipinski definition) is 5. The van der Waals surface area contributed by atoms with E-state index >= 15 is 0 Å². The largest absolute Gasteiger partial charge is 0.467 e. The Labute approximate surface area is 124 Å². The number of carbonyl (C=O) groups is 3. The summed E-state index contributed by atoms with van der Waals surface area (Å²) in [7, 11) is 1.28. The molecule has 21 heavy (non-hydrogen) atoms. The van der Waals surface area contributed by atoms with Crippen LogP contribution in [0.4, 0.5) is 0 Å². The van der Waals surface area contributed by atoms with Gasteiger partial charge in [-0.05, 0) is 18.8 Å². The number of carbonyl (C=O) groups excluding carboxylic acids is 3. The SMILES string of the molecule is CC[C@H]1CNC1C(=O)N[C@@H](C[C@@H]1CCNC1=O)C(=O)OC. The molecule has 0 aromatic carbocycles. The number of esters is 1. The molecular weight excluding hydrogens is 274 g/mol. The van der Waals surface area contributed by atoms with E-state index in [4.69, 9.17) is 4.74 Å². The van der Waals surface area contributed by atoms with Crippen LogP contribution in [-0.4, -0.2) is 50.1 Å². The molecule has 2 fully saturated rings. The Hall–Kier alpha value is -1.63. The lowest BCUT2D eigenvalue weighted by molar-refractivity contribution is -0.146. The molecular formula is C14H23N3O4. The predicted octanol–water partition coefficient (Wildman–Crippen LogP) is -0.832. The van der Waals surface area contributed by atoms with Gasteiger partial charge in [-0.2, -0.15) is 0 Å². The number of rotatable bonds is 6. The quantitative estimate of drug-likeness (QED) is 0.556. The molecule has 0 aromatic rings. The van der Waals surface area contributed by atoms with Gasteiger partial charge in [0.25, 0.3) is 0 Å². The third-order valence-corrected chi connectivity index (χ3v) is 4.36. The van der Waals surface area contributed by atoms with Crippen molar-refractivity contribution < 1.29 is 19.1 Å². The number of hydrogen-bond donors (Lipinski definition) is 3. The second-order valence-corrected chi connectivity index (χ2v) is 5.65. The molecule has 0 aromatic heterocycles. The summed E-state index contributed by atoms with van der Waals surface area (Å²) in [5, 5.41) is 8.52. The Kier molecular flexibility index (Phi) is 5.17. The fourth-order valence-electron chi connectivity index (χ4n) is 2.86. The highest BCUT2D eigenvalue weighted by Crippen LogP contribution is 2.19. The Balaban J connectivity index is 1.94. The molecule has 2 aliphatic rings. The molecule has 4 atom stereocenters. The summed E-state index contributed by atoms with van der Waals surface area (Å²) in [6.45, 7) is 3.47. The summed E-state index contributed by atoms with van der Waals surface area (Å²) in [5.41, 5.74) is 0. The van der Waals surface area contributed by atoms with Crippen molar-refractivity contribution in [3.8, 4) is 0 Å². The first kappa shape index (κ1) is 15.8. The van der Waals surface area contributed by atoms with E-state index in [-0.39, 0.29) is 30.2 Å². The third-order valence-electron chi connectivity index (χ3n) is 4.36. The van der Waals surface area contributed by atoms with Crippen LogP contribution in [0.1, 0.15) is 26.2 Å². The molecule has 2 rings (SSSR count). The Morgan fingerprint density at radius 2 is 2.24 bits per heavy atom. The van der Waals surface area contributed by atoms with Crippen molar-refractivity contribution in [1.29, 1.82) is 0 Å². The maximum atomic E-state index is 12.2. The normalized spacial score (nSPS) is 29.2. The van der Waals surface area contributed by atoms with Crippen LogP contribution in [0.25, 0.3) is 0 Å². The van der Waals surface area contributed by atoms with E-state index in [0.29, 0.717) is 18.9 Å².